The summed E-state index contributed by atoms with van der Waals surface area (Å²) in [7, 11) is 1.60. The van der Waals surface area contributed by atoms with E-state index in [1.54, 1.807) is 7.11 Å². The molecule has 1 atom stereocenters. The third-order valence-corrected chi connectivity index (χ3v) is 6.13. The van der Waals surface area contributed by atoms with Crippen LogP contribution in [-0.4, -0.2) is 27.8 Å². The van der Waals surface area contributed by atoms with Crippen LogP contribution in [0.4, 0.5) is 5.69 Å². The van der Waals surface area contributed by atoms with Crippen LogP contribution in [0.1, 0.15) is 50.0 Å². The van der Waals surface area contributed by atoms with Gasteiger partial charge in [0, 0.05) is 11.7 Å². The Morgan fingerprint density at radius 1 is 1.31 bits per heavy atom. The first kappa shape index (κ1) is 18.8. The molecule has 1 amide bonds. The first-order valence-electron chi connectivity index (χ1n) is 9.17. The summed E-state index contributed by atoms with van der Waals surface area (Å²) in [5.41, 5.74) is 2.97. The Balaban J connectivity index is 1.74. The van der Waals surface area contributed by atoms with E-state index in [4.69, 9.17) is 9.72 Å². The maximum atomic E-state index is 12.7. The Kier molecular flexibility index (Phi) is 5.91. The fourth-order valence-electron chi connectivity index (χ4n) is 3.47. The molecule has 0 aliphatic heterocycles. The van der Waals surface area contributed by atoms with E-state index in [0.29, 0.717) is 17.5 Å². The van der Waals surface area contributed by atoms with Gasteiger partial charge in [-0.3, -0.25) is 4.79 Å². The third kappa shape index (κ3) is 3.90. The van der Waals surface area contributed by atoms with Crippen molar-refractivity contribution in [1.82, 2.24) is 9.55 Å². The summed E-state index contributed by atoms with van der Waals surface area (Å²) >= 11 is 1.53. The Hall–Kier alpha value is -1.95. The highest BCUT2D eigenvalue weighted by Gasteiger charge is 2.26. The van der Waals surface area contributed by atoms with Crippen LogP contribution in [-0.2, 0) is 4.79 Å². The molecule has 0 spiro atoms. The number of hydrogen-bond donors (Lipinski definition) is 1. The number of benzene rings is 1. The summed E-state index contributed by atoms with van der Waals surface area (Å²) in [6.45, 7) is 6.10. The Morgan fingerprint density at radius 2 is 2.00 bits per heavy atom. The zero-order valence-corrected chi connectivity index (χ0v) is 16.7. The molecule has 6 heteroatoms. The van der Waals surface area contributed by atoms with Crippen LogP contribution in [0.25, 0.3) is 0 Å². The maximum Gasteiger partial charge on any atom is 0.237 e. The van der Waals surface area contributed by atoms with Gasteiger partial charge in [0.25, 0.3) is 0 Å². The van der Waals surface area contributed by atoms with Crippen molar-refractivity contribution in [2.75, 3.05) is 12.4 Å². The van der Waals surface area contributed by atoms with Gasteiger partial charge in [-0.25, -0.2) is 4.98 Å². The number of imidazole rings is 1. The van der Waals surface area contributed by atoms with E-state index in [0.717, 1.165) is 10.9 Å². The van der Waals surface area contributed by atoms with E-state index < -0.39 is 0 Å². The van der Waals surface area contributed by atoms with Gasteiger partial charge in [-0.15, -0.1) is 0 Å². The lowest BCUT2D eigenvalue weighted by Crippen LogP contribution is -2.23. The molecule has 5 nitrogen and oxygen atoms in total. The van der Waals surface area contributed by atoms with E-state index in [-0.39, 0.29) is 11.2 Å². The van der Waals surface area contributed by atoms with Crippen molar-refractivity contribution in [2.45, 2.75) is 62.9 Å². The van der Waals surface area contributed by atoms with Gasteiger partial charge >= 0.3 is 0 Å². The molecule has 0 bridgehead atoms. The smallest absolute Gasteiger partial charge is 0.237 e. The standard InChI is InChI=1S/C20H27N3O2S/c1-13-14(2)23(16-9-5-6-10-16)20(21-13)26-15(3)19(24)22-17-11-7-8-12-18(17)25-4/h7-8,11-12,15-16H,5-6,9-10H2,1-4H3,(H,22,24)/t15-/m0/s1. The number of hydrogen-bond acceptors (Lipinski definition) is 4. The average Bonchev–Trinajstić information content (AvgIpc) is 3.24. The number of methoxy groups -OCH3 is 1. The number of aromatic nitrogens is 2. The molecule has 1 fully saturated rings. The molecule has 3 rings (SSSR count). The third-order valence-electron chi connectivity index (χ3n) is 5.06. The Morgan fingerprint density at radius 3 is 2.69 bits per heavy atom. The number of rotatable bonds is 6. The average molecular weight is 374 g/mol. The lowest BCUT2D eigenvalue weighted by molar-refractivity contribution is -0.115. The molecule has 0 unspecified atom stereocenters. The zero-order chi connectivity index (χ0) is 18.7. The molecule has 1 N–H and O–H groups in total. The molecule has 1 aliphatic carbocycles. The number of ether oxygens (including phenoxy) is 1. The highest BCUT2D eigenvalue weighted by Crippen LogP contribution is 2.36. The molecule has 1 heterocycles. The number of nitrogens with one attached hydrogen (secondary N) is 1. The summed E-state index contributed by atoms with van der Waals surface area (Å²) in [5, 5.41) is 3.67. The summed E-state index contributed by atoms with van der Waals surface area (Å²) < 4.78 is 7.66. The van der Waals surface area contributed by atoms with Gasteiger partial charge in [0.15, 0.2) is 5.16 Å². The monoisotopic (exact) mass is 373 g/mol. The van der Waals surface area contributed by atoms with Gasteiger partial charge in [0.2, 0.25) is 5.91 Å². The van der Waals surface area contributed by atoms with Crippen LogP contribution in [0.3, 0.4) is 0 Å². The molecule has 1 aliphatic rings. The molecule has 26 heavy (non-hydrogen) atoms. The molecule has 1 saturated carbocycles. The molecule has 2 aromatic rings. The van der Waals surface area contributed by atoms with Crippen molar-refractivity contribution in [3.8, 4) is 5.75 Å². The normalized spacial score (nSPS) is 15.8. The van der Waals surface area contributed by atoms with E-state index in [1.165, 1.54) is 43.1 Å². The van der Waals surface area contributed by atoms with Gasteiger partial charge in [-0.2, -0.15) is 0 Å². The van der Waals surface area contributed by atoms with E-state index >= 15 is 0 Å². The number of thioether (sulfide) groups is 1. The van der Waals surface area contributed by atoms with Crippen LogP contribution in [0.15, 0.2) is 29.4 Å². The molecule has 0 saturated heterocycles. The molecule has 0 radical (unpaired) electrons. The second-order valence-corrected chi connectivity index (χ2v) is 8.13. The SMILES string of the molecule is COc1ccccc1NC(=O)[C@H](C)Sc1nc(C)c(C)n1C1CCCC1. The fourth-order valence-corrected chi connectivity index (χ4v) is 4.54. The van der Waals surface area contributed by atoms with Crippen molar-refractivity contribution in [3.63, 3.8) is 0 Å². The van der Waals surface area contributed by atoms with Gasteiger partial charge in [0.05, 0.1) is 23.7 Å². The molecular formula is C20H27N3O2S. The minimum absolute atomic E-state index is 0.0456. The molecule has 1 aromatic carbocycles. The number of aryl methyl sites for hydroxylation is 1. The second-order valence-electron chi connectivity index (χ2n) is 6.82. The van der Waals surface area contributed by atoms with Crippen molar-refractivity contribution in [2.24, 2.45) is 0 Å². The molecule has 1 aromatic heterocycles. The van der Waals surface area contributed by atoms with Gasteiger partial charge in [0.1, 0.15) is 5.75 Å². The minimum Gasteiger partial charge on any atom is -0.495 e. The minimum atomic E-state index is -0.249. The number of para-hydroxylation sites is 2. The summed E-state index contributed by atoms with van der Waals surface area (Å²) in [5.74, 6) is 0.618. The second kappa shape index (κ2) is 8.16. The van der Waals surface area contributed by atoms with Crippen LogP contribution < -0.4 is 10.1 Å². The predicted octanol–water partition coefficient (Wildman–Crippen LogP) is 4.74. The highest BCUT2D eigenvalue weighted by atomic mass is 32.2. The zero-order valence-electron chi connectivity index (χ0n) is 15.9. The predicted molar refractivity (Wildman–Crippen MR) is 106 cm³/mol. The lowest BCUT2D eigenvalue weighted by atomic mass is 10.2. The van der Waals surface area contributed by atoms with Crippen molar-refractivity contribution in [3.05, 3.63) is 35.7 Å². The number of nitrogens with zero attached hydrogens (tertiary/aromatic N) is 2. The lowest BCUT2D eigenvalue weighted by Gasteiger charge is -2.19. The quantitative estimate of drug-likeness (QED) is 0.743. The number of carbonyl (C=O) groups excluding carboxylic acids is 1. The maximum absolute atomic E-state index is 12.7. The van der Waals surface area contributed by atoms with Crippen LogP contribution >= 0.6 is 11.8 Å². The van der Waals surface area contributed by atoms with Gasteiger partial charge in [-0.05, 0) is 45.7 Å². The first-order valence-corrected chi connectivity index (χ1v) is 10.0. The van der Waals surface area contributed by atoms with E-state index in [9.17, 15) is 4.79 Å². The summed E-state index contributed by atoms with van der Waals surface area (Å²) in [6, 6.07) is 7.98. The largest absolute Gasteiger partial charge is 0.495 e. The van der Waals surface area contributed by atoms with Crippen molar-refractivity contribution >= 4 is 23.4 Å². The molecular weight excluding hydrogens is 346 g/mol. The number of anilines is 1. The van der Waals surface area contributed by atoms with Crippen LogP contribution in [0.5, 0.6) is 5.75 Å². The van der Waals surface area contributed by atoms with Crippen molar-refractivity contribution < 1.29 is 9.53 Å². The van der Waals surface area contributed by atoms with Gasteiger partial charge < -0.3 is 14.6 Å². The van der Waals surface area contributed by atoms with Crippen LogP contribution in [0.2, 0.25) is 0 Å². The van der Waals surface area contributed by atoms with E-state index in [1.807, 2.05) is 38.1 Å². The summed E-state index contributed by atoms with van der Waals surface area (Å²) in [6.07, 6.45) is 4.95. The van der Waals surface area contributed by atoms with E-state index in [2.05, 4.69) is 16.8 Å². The number of amides is 1. The molecule has 140 valence electrons. The number of carbonyl (C=O) groups is 1. The first-order chi connectivity index (χ1) is 12.5. The Labute approximate surface area is 159 Å². The Bertz CT molecular complexity index is 781. The summed E-state index contributed by atoms with van der Waals surface area (Å²) in [4.78, 5) is 17.4. The van der Waals surface area contributed by atoms with Gasteiger partial charge in [-0.1, -0.05) is 36.7 Å². The van der Waals surface area contributed by atoms with Crippen LogP contribution in [0, 0.1) is 13.8 Å². The topological polar surface area (TPSA) is 56.1 Å². The fraction of sp³-hybridized carbons (Fsp3) is 0.500. The highest BCUT2D eigenvalue weighted by molar-refractivity contribution is 8.00. The van der Waals surface area contributed by atoms with Crippen molar-refractivity contribution in [1.29, 1.82) is 0 Å².